The average molecular weight is 381 g/mol. The van der Waals surface area contributed by atoms with Gasteiger partial charge in [-0.3, -0.25) is 4.79 Å². The Labute approximate surface area is 163 Å². The number of hydrogen-bond acceptors (Lipinski definition) is 7. The van der Waals surface area contributed by atoms with Gasteiger partial charge < -0.3 is 19.3 Å². The lowest BCUT2D eigenvalue weighted by molar-refractivity contribution is -0.129. The van der Waals surface area contributed by atoms with Crippen LogP contribution in [0.25, 0.3) is 0 Å². The summed E-state index contributed by atoms with van der Waals surface area (Å²) >= 11 is 0. The van der Waals surface area contributed by atoms with Crippen LogP contribution in [0.15, 0.2) is 35.6 Å². The summed E-state index contributed by atoms with van der Waals surface area (Å²) in [7, 11) is 3.47. The van der Waals surface area contributed by atoms with E-state index in [0.29, 0.717) is 19.7 Å². The van der Waals surface area contributed by atoms with Crippen LogP contribution in [0.3, 0.4) is 0 Å². The minimum absolute atomic E-state index is 0.0380. The first-order valence-electron chi connectivity index (χ1n) is 9.25. The molecule has 1 saturated heterocycles. The van der Waals surface area contributed by atoms with E-state index in [1.165, 1.54) is 6.33 Å². The molecule has 8 nitrogen and oxygen atoms in total. The van der Waals surface area contributed by atoms with Crippen LogP contribution in [0.2, 0.25) is 0 Å². The van der Waals surface area contributed by atoms with Crippen molar-refractivity contribution in [3.8, 4) is 5.75 Å². The van der Waals surface area contributed by atoms with Crippen LogP contribution in [-0.4, -0.2) is 73.0 Å². The maximum atomic E-state index is 12.0. The zero-order valence-corrected chi connectivity index (χ0v) is 16.3. The molecule has 0 saturated carbocycles. The maximum Gasteiger partial charge on any atom is 0.241 e. The first kappa shape index (κ1) is 18.4. The lowest BCUT2D eigenvalue weighted by Crippen LogP contribution is -2.48. The van der Waals surface area contributed by atoms with E-state index >= 15 is 0 Å². The molecule has 1 fully saturated rings. The molecule has 28 heavy (non-hydrogen) atoms. The molecule has 0 aliphatic carbocycles. The van der Waals surface area contributed by atoms with E-state index in [-0.39, 0.29) is 12.0 Å². The summed E-state index contributed by atoms with van der Waals surface area (Å²) in [5.74, 6) is 1.60. The van der Waals surface area contributed by atoms with Crippen LogP contribution in [-0.2, 0) is 9.53 Å². The molecule has 1 amide bonds. The highest BCUT2D eigenvalue weighted by atomic mass is 16.5. The molecule has 4 rings (SSSR count). The summed E-state index contributed by atoms with van der Waals surface area (Å²) in [5.41, 5.74) is 3.47. The topological polar surface area (TPSA) is 80.2 Å². The smallest absolute Gasteiger partial charge is 0.241 e. The molecule has 2 aliphatic rings. The molecular formula is C20H23N5O3. The Hall–Kier alpha value is -3.00. The number of hydrogen-bond donors (Lipinski definition) is 0. The van der Waals surface area contributed by atoms with E-state index in [1.54, 1.807) is 12.0 Å². The third kappa shape index (κ3) is 3.55. The zero-order chi connectivity index (χ0) is 19.7. The van der Waals surface area contributed by atoms with Crippen LogP contribution in [0.5, 0.6) is 5.75 Å². The Kier molecular flexibility index (Phi) is 4.95. The Bertz CT molecular complexity index is 930. The number of methoxy groups -OCH3 is 1. The van der Waals surface area contributed by atoms with Crippen LogP contribution in [0.1, 0.15) is 18.2 Å². The average Bonchev–Trinajstić information content (AvgIpc) is 2.67. The van der Waals surface area contributed by atoms with Gasteiger partial charge in [-0.2, -0.15) is 0 Å². The first-order valence-corrected chi connectivity index (χ1v) is 9.25. The van der Waals surface area contributed by atoms with E-state index in [1.807, 2.05) is 43.1 Å². The van der Waals surface area contributed by atoms with Crippen molar-refractivity contribution in [2.75, 3.05) is 45.3 Å². The Morgan fingerprint density at radius 1 is 1.21 bits per heavy atom. The highest BCUT2D eigenvalue weighted by Crippen LogP contribution is 2.35. The first-order chi connectivity index (χ1) is 13.5. The molecule has 8 heteroatoms. The third-order valence-corrected chi connectivity index (χ3v) is 4.87. The van der Waals surface area contributed by atoms with Gasteiger partial charge in [-0.25, -0.2) is 15.0 Å². The van der Waals surface area contributed by atoms with Gasteiger partial charge in [0.1, 0.15) is 24.0 Å². The number of nitrogens with zero attached hydrogens (tertiary/aromatic N) is 5. The molecule has 1 unspecified atom stereocenters. The van der Waals surface area contributed by atoms with Crippen LogP contribution >= 0.6 is 0 Å². The van der Waals surface area contributed by atoms with Crippen molar-refractivity contribution in [3.63, 3.8) is 0 Å². The lowest BCUT2D eigenvalue weighted by Gasteiger charge is -2.32. The number of aromatic nitrogens is 2. The van der Waals surface area contributed by atoms with E-state index in [9.17, 15) is 4.79 Å². The second-order valence-corrected chi connectivity index (χ2v) is 7.02. The van der Waals surface area contributed by atoms with Gasteiger partial charge in [-0.05, 0) is 25.1 Å². The Balaban J connectivity index is 1.53. The van der Waals surface area contributed by atoms with Crippen molar-refractivity contribution in [1.82, 2.24) is 14.9 Å². The molecular weight excluding hydrogens is 358 g/mol. The summed E-state index contributed by atoms with van der Waals surface area (Å²) in [6.07, 6.45) is 1.48. The zero-order valence-electron chi connectivity index (χ0n) is 16.3. The normalized spacial score (nSPS) is 17.0. The van der Waals surface area contributed by atoms with Crippen molar-refractivity contribution in [3.05, 3.63) is 41.9 Å². The predicted molar refractivity (Wildman–Crippen MR) is 106 cm³/mol. The number of rotatable bonds is 6. The van der Waals surface area contributed by atoms with Gasteiger partial charge in [0.05, 0.1) is 30.2 Å². The lowest BCUT2D eigenvalue weighted by atomic mass is 9.98. The van der Waals surface area contributed by atoms with E-state index < -0.39 is 0 Å². The minimum atomic E-state index is -0.0380. The number of ether oxygens (including phenoxy) is 2. The van der Waals surface area contributed by atoms with Crippen molar-refractivity contribution in [2.24, 2.45) is 4.99 Å². The van der Waals surface area contributed by atoms with Gasteiger partial charge in [-0.15, -0.1) is 0 Å². The van der Waals surface area contributed by atoms with Gasteiger partial charge in [0.15, 0.2) is 0 Å². The summed E-state index contributed by atoms with van der Waals surface area (Å²) < 4.78 is 11.0. The second-order valence-electron chi connectivity index (χ2n) is 7.02. The van der Waals surface area contributed by atoms with Crippen molar-refractivity contribution in [2.45, 2.75) is 13.0 Å². The number of likely N-dealkylation sites (N-methyl/N-ethyl adjacent to an activating group) is 1. The second kappa shape index (κ2) is 7.55. The quantitative estimate of drug-likeness (QED) is 0.646. The summed E-state index contributed by atoms with van der Waals surface area (Å²) in [6, 6.07) is 7.72. The number of amides is 1. The van der Waals surface area contributed by atoms with Crippen molar-refractivity contribution >= 4 is 23.1 Å². The minimum Gasteiger partial charge on any atom is -0.488 e. The van der Waals surface area contributed by atoms with Crippen LogP contribution in [0, 0.1) is 0 Å². The number of benzene rings is 1. The molecule has 0 bridgehead atoms. The van der Waals surface area contributed by atoms with E-state index in [2.05, 4.69) is 15.0 Å². The molecule has 3 heterocycles. The fourth-order valence-corrected chi connectivity index (χ4v) is 3.30. The van der Waals surface area contributed by atoms with Gasteiger partial charge in [0.25, 0.3) is 0 Å². The summed E-state index contributed by atoms with van der Waals surface area (Å²) in [5, 5.41) is 0. The number of piperazine rings is 1. The highest BCUT2D eigenvalue weighted by Gasteiger charge is 2.26. The fourth-order valence-electron chi connectivity index (χ4n) is 3.30. The molecule has 1 aromatic carbocycles. The summed E-state index contributed by atoms with van der Waals surface area (Å²) in [6.45, 7) is 4.24. The SMILES string of the molecule is COCC(C)Oc1ccc2c(c1)C(c1cc(N3CCN(C)C(=O)C3)ncn1)=N2. The van der Waals surface area contributed by atoms with Crippen molar-refractivity contribution < 1.29 is 14.3 Å². The highest BCUT2D eigenvalue weighted by molar-refractivity contribution is 6.21. The molecule has 146 valence electrons. The van der Waals surface area contributed by atoms with Gasteiger partial charge in [-0.1, -0.05) is 0 Å². The van der Waals surface area contributed by atoms with Crippen LogP contribution < -0.4 is 9.64 Å². The largest absolute Gasteiger partial charge is 0.488 e. The molecule has 0 N–H and O–H groups in total. The predicted octanol–water partition coefficient (Wildman–Crippen LogP) is 1.65. The molecule has 2 aromatic rings. The fraction of sp³-hybridized carbons (Fsp3) is 0.400. The molecule has 0 spiro atoms. The van der Waals surface area contributed by atoms with Crippen LogP contribution in [0.4, 0.5) is 11.5 Å². The van der Waals surface area contributed by atoms with Crippen molar-refractivity contribution in [1.29, 1.82) is 0 Å². The van der Waals surface area contributed by atoms with E-state index in [0.717, 1.165) is 40.8 Å². The number of carbonyl (C=O) groups is 1. The molecule has 1 aromatic heterocycles. The van der Waals surface area contributed by atoms with Gasteiger partial charge in [0, 0.05) is 38.9 Å². The standard InChI is InChI=1S/C20H23N5O3/c1-13(11-27-3)28-14-4-5-16-15(8-14)20(23-16)17-9-18(22-12-21-17)25-7-6-24(2)19(26)10-25/h4-5,8-9,12-13H,6-7,10-11H2,1-3H3. The molecule has 1 atom stereocenters. The van der Waals surface area contributed by atoms with Gasteiger partial charge in [0.2, 0.25) is 5.91 Å². The maximum absolute atomic E-state index is 12.0. The number of fused-ring (bicyclic) bond motifs is 1. The monoisotopic (exact) mass is 381 g/mol. The van der Waals surface area contributed by atoms with Gasteiger partial charge >= 0.3 is 0 Å². The summed E-state index contributed by atoms with van der Waals surface area (Å²) in [4.78, 5) is 29.0. The molecule has 2 aliphatic heterocycles. The number of carbonyl (C=O) groups excluding carboxylic acids is 1. The third-order valence-electron chi connectivity index (χ3n) is 4.87. The Morgan fingerprint density at radius 3 is 2.86 bits per heavy atom. The Morgan fingerprint density at radius 2 is 2.07 bits per heavy atom. The number of anilines is 1. The molecule has 0 radical (unpaired) electrons. The van der Waals surface area contributed by atoms with E-state index in [4.69, 9.17) is 9.47 Å². The number of aliphatic imine (C=N–C) groups is 1.